The fraction of sp³-hybridized carbons (Fsp3) is 0.400. The Labute approximate surface area is 78.4 Å². The predicted molar refractivity (Wildman–Crippen MR) is 55.4 cm³/mol. The predicted octanol–water partition coefficient (Wildman–Crippen LogP) is 0.948. The van der Waals surface area contributed by atoms with E-state index in [0.717, 1.165) is 23.2 Å². The highest BCUT2D eigenvalue weighted by Crippen LogP contribution is 2.22. The van der Waals surface area contributed by atoms with Crippen LogP contribution in [0.25, 0.3) is 0 Å². The lowest BCUT2D eigenvalue weighted by Gasteiger charge is -2.10. The smallest absolute Gasteiger partial charge is 0.0471 e. The highest BCUT2D eigenvalue weighted by atomic mass is 16.2. The molecule has 0 aliphatic carbocycles. The van der Waals surface area contributed by atoms with Crippen molar-refractivity contribution in [3.8, 4) is 0 Å². The minimum absolute atomic E-state index is 0.135. The Kier molecular flexibility index (Phi) is 3.14. The van der Waals surface area contributed by atoms with Crippen molar-refractivity contribution in [1.82, 2.24) is 0 Å². The van der Waals surface area contributed by atoms with Crippen LogP contribution in [0.15, 0.2) is 12.1 Å². The molecule has 13 heavy (non-hydrogen) atoms. The second-order valence-corrected chi connectivity index (χ2v) is 3.07. The number of benzene rings is 1. The van der Waals surface area contributed by atoms with Crippen molar-refractivity contribution in [2.45, 2.75) is 19.8 Å². The minimum Gasteiger partial charge on any atom is -0.399 e. The Bertz CT molecular complexity index is 297. The van der Waals surface area contributed by atoms with Gasteiger partial charge < -0.3 is 16.6 Å². The Morgan fingerprint density at radius 2 is 2.00 bits per heavy atom. The molecule has 0 spiro atoms. The summed E-state index contributed by atoms with van der Waals surface area (Å²) in [4.78, 5) is 0. The largest absolute Gasteiger partial charge is 0.399 e. The first-order valence-corrected chi connectivity index (χ1v) is 4.46. The van der Waals surface area contributed by atoms with Crippen LogP contribution in [0.2, 0.25) is 0 Å². The highest BCUT2D eigenvalue weighted by Gasteiger charge is 2.05. The molecule has 3 nitrogen and oxygen atoms in total. The number of nitrogens with two attached hydrogens (primary N) is 2. The van der Waals surface area contributed by atoms with Crippen LogP contribution in [-0.4, -0.2) is 11.7 Å². The van der Waals surface area contributed by atoms with Gasteiger partial charge in [-0.25, -0.2) is 0 Å². The lowest BCUT2D eigenvalue weighted by atomic mass is 10.00. The normalized spacial score (nSPS) is 10.3. The first-order chi connectivity index (χ1) is 6.19. The molecule has 0 fully saturated rings. The van der Waals surface area contributed by atoms with Crippen LogP contribution in [0.5, 0.6) is 0 Å². The monoisotopic (exact) mass is 180 g/mol. The van der Waals surface area contributed by atoms with Gasteiger partial charge in [0.15, 0.2) is 0 Å². The molecule has 3 heteroatoms. The van der Waals surface area contributed by atoms with Crippen molar-refractivity contribution in [3.63, 3.8) is 0 Å². The number of hydrogen-bond donors (Lipinski definition) is 3. The van der Waals surface area contributed by atoms with Gasteiger partial charge in [-0.1, -0.05) is 6.92 Å². The summed E-state index contributed by atoms with van der Waals surface area (Å²) in [7, 11) is 0. The number of aliphatic hydroxyl groups excluding tert-OH is 1. The number of aliphatic hydroxyl groups is 1. The molecule has 72 valence electrons. The molecule has 1 aromatic carbocycles. The van der Waals surface area contributed by atoms with Crippen LogP contribution in [0.3, 0.4) is 0 Å². The summed E-state index contributed by atoms with van der Waals surface area (Å²) in [6.45, 7) is 2.18. The summed E-state index contributed by atoms with van der Waals surface area (Å²) in [5.41, 5.74) is 15.0. The van der Waals surface area contributed by atoms with E-state index in [1.54, 1.807) is 6.07 Å². The number of hydrogen-bond acceptors (Lipinski definition) is 3. The molecular formula is C10H16N2O. The van der Waals surface area contributed by atoms with Crippen LogP contribution >= 0.6 is 0 Å². The highest BCUT2D eigenvalue weighted by molar-refractivity contribution is 5.60. The second-order valence-electron chi connectivity index (χ2n) is 3.07. The zero-order valence-electron chi connectivity index (χ0n) is 7.88. The first kappa shape index (κ1) is 9.86. The minimum atomic E-state index is 0.135. The zero-order valence-corrected chi connectivity index (χ0v) is 7.88. The van der Waals surface area contributed by atoms with E-state index in [1.165, 1.54) is 0 Å². The number of nitrogen functional groups attached to an aromatic ring is 2. The summed E-state index contributed by atoms with van der Waals surface area (Å²) >= 11 is 0. The van der Waals surface area contributed by atoms with Gasteiger partial charge in [-0.05, 0) is 36.1 Å². The SMILES string of the molecule is CCc1c(N)cc(N)cc1CCO. The number of anilines is 2. The second kappa shape index (κ2) is 4.14. The maximum atomic E-state index is 8.84. The Morgan fingerprint density at radius 3 is 2.54 bits per heavy atom. The van der Waals surface area contributed by atoms with Crippen molar-refractivity contribution < 1.29 is 5.11 Å². The van der Waals surface area contributed by atoms with Gasteiger partial charge in [0.2, 0.25) is 0 Å². The van der Waals surface area contributed by atoms with E-state index in [0.29, 0.717) is 12.1 Å². The number of rotatable bonds is 3. The summed E-state index contributed by atoms with van der Waals surface area (Å²) in [5, 5.41) is 8.84. The van der Waals surface area contributed by atoms with Gasteiger partial charge in [-0.2, -0.15) is 0 Å². The molecule has 0 aliphatic rings. The molecule has 0 unspecified atom stereocenters. The molecule has 0 saturated heterocycles. The van der Waals surface area contributed by atoms with Gasteiger partial charge in [-0.3, -0.25) is 0 Å². The van der Waals surface area contributed by atoms with E-state index in [4.69, 9.17) is 16.6 Å². The quantitative estimate of drug-likeness (QED) is 0.606. The molecule has 0 bridgehead atoms. The molecule has 0 aliphatic heterocycles. The molecule has 0 atom stereocenters. The van der Waals surface area contributed by atoms with E-state index >= 15 is 0 Å². The van der Waals surface area contributed by atoms with Gasteiger partial charge >= 0.3 is 0 Å². The Balaban J connectivity index is 3.13. The summed E-state index contributed by atoms with van der Waals surface area (Å²) in [6, 6.07) is 3.64. The molecule has 0 radical (unpaired) electrons. The first-order valence-electron chi connectivity index (χ1n) is 4.46. The average Bonchev–Trinajstić information content (AvgIpc) is 2.04. The Morgan fingerprint density at radius 1 is 1.31 bits per heavy atom. The van der Waals surface area contributed by atoms with E-state index in [2.05, 4.69) is 0 Å². The Hall–Kier alpha value is -1.22. The van der Waals surface area contributed by atoms with Crippen LogP contribution in [0, 0.1) is 0 Å². The van der Waals surface area contributed by atoms with Crippen LogP contribution in [0.4, 0.5) is 11.4 Å². The van der Waals surface area contributed by atoms with Crippen LogP contribution in [-0.2, 0) is 12.8 Å². The van der Waals surface area contributed by atoms with E-state index in [1.807, 2.05) is 13.0 Å². The van der Waals surface area contributed by atoms with Crippen molar-refractivity contribution in [2.75, 3.05) is 18.1 Å². The van der Waals surface area contributed by atoms with E-state index < -0.39 is 0 Å². The lowest BCUT2D eigenvalue weighted by Crippen LogP contribution is -2.03. The molecule has 0 amide bonds. The van der Waals surface area contributed by atoms with Crippen molar-refractivity contribution in [3.05, 3.63) is 23.3 Å². The van der Waals surface area contributed by atoms with Gasteiger partial charge in [0.25, 0.3) is 0 Å². The van der Waals surface area contributed by atoms with Crippen molar-refractivity contribution in [2.24, 2.45) is 0 Å². The molecule has 5 N–H and O–H groups in total. The van der Waals surface area contributed by atoms with Gasteiger partial charge in [0, 0.05) is 18.0 Å². The third-order valence-electron chi connectivity index (χ3n) is 2.13. The molecule has 0 saturated carbocycles. The van der Waals surface area contributed by atoms with Crippen LogP contribution < -0.4 is 11.5 Å². The van der Waals surface area contributed by atoms with Crippen molar-refractivity contribution in [1.29, 1.82) is 0 Å². The fourth-order valence-electron chi connectivity index (χ4n) is 1.56. The zero-order chi connectivity index (χ0) is 9.84. The standard InChI is InChI=1S/C10H16N2O/c1-2-9-7(3-4-13)5-8(11)6-10(9)12/h5-6,13H,2-4,11-12H2,1H3. The van der Waals surface area contributed by atoms with Crippen LogP contribution in [0.1, 0.15) is 18.1 Å². The lowest BCUT2D eigenvalue weighted by molar-refractivity contribution is 0.299. The molecule has 1 aromatic rings. The summed E-state index contributed by atoms with van der Waals surface area (Å²) < 4.78 is 0. The van der Waals surface area contributed by atoms with Crippen molar-refractivity contribution >= 4 is 11.4 Å². The third-order valence-corrected chi connectivity index (χ3v) is 2.13. The van der Waals surface area contributed by atoms with Gasteiger partial charge in [0.1, 0.15) is 0 Å². The molecule has 0 heterocycles. The maximum Gasteiger partial charge on any atom is 0.0471 e. The summed E-state index contributed by atoms with van der Waals surface area (Å²) in [6.07, 6.45) is 1.50. The molecule has 1 rings (SSSR count). The average molecular weight is 180 g/mol. The molecular weight excluding hydrogens is 164 g/mol. The van der Waals surface area contributed by atoms with E-state index in [-0.39, 0.29) is 6.61 Å². The van der Waals surface area contributed by atoms with E-state index in [9.17, 15) is 0 Å². The summed E-state index contributed by atoms with van der Waals surface area (Å²) in [5.74, 6) is 0. The molecule has 0 aromatic heterocycles. The maximum absolute atomic E-state index is 8.84. The fourth-order valence-corrected chi connectivity index (χ4v) is 1.56. The van der Waals surface area contributed by atoms with Gasteiger partial charge in [0.05, 0.1) is 0 Å². The third kappa shape index (κ3) is 2.12. The van der Waals surface area contributed by atoms with Gasteiger partial charge in [-0.15, -0.1) is 0 Å². The topological polar surface area (TPSA) is 72.3 Å².